The van der Waals surface area contributed by atoms with Gasteiger partial charge in [-0.25, -0.2) is 0 Å². The summed E-state index contributed by atoms with van der Waals surface area (Å²) in [5.74, 6) is 6.95. The average molecular weight is 494 g/mol. The number of halogens is 1. The molecule has 0 aromatic heterocycles. The SMILES string of the molecule is COc1cc(CN(Cc2ccccc2)C(=O)C#Cc2ccccc2)c(Br)c(OC)c1OC. The summed E-state index contributed by atoms with van der Waals surface area (Å²) in [6, 6.07) is 21.1. The second-order valence-electron chi connectivity index (χ2n) is 6.88. The van der Waals surface area contributed by atoms with E-state index < -0.39 is 0 Å². The molecule has 0 saturated heterocycles. The molecule has 0 unspecified atom stereocenters. The van der Waals surface area contributed by atoms with Gasteiger partial charge in [0.15, 0.2) is 11.5 Å². The predicted molar refractivity (Wildman–Crippen MR) is 128 cm³/mol. The second-order valence-corrected chi connectivity index (χ2v) is 7.67. The van der Waals surface area contributed by atoms with E-state index in [1.54, 1.807) is 26.2 Å². The van der Waals surface area contributed by atoms with Gasteiger partial charge < -0.3 is 19.1 Å². The predicted octanol–water partition coefficient (Wildman–Crippen LogP) is 5.06. The number of hydrogen-bond acceptors (Lipinski definition) is 4. The van der Waals surface area contributed by atoms with E-state index in [0.29, 0.717) is 34.8 Å². The molecule has 0 atom stereocenters. The van der Waals surface area contributed by atoms with Gasteiger partial charge in [-0.2, -0.15) is 0 Å². The molecule has 0 aliphatic heterocycles. The first-order valence-electron chi connectivity index (χ1n) is 9.94. The number of amides is 1. The van der Waals surface area contributed by atoms with Crippen molar-refractivity contribution in [3.63, 3.8) is 0 Å². The third-order valence-electron chi connectivity index (χ3n) is 4.80. The largest absolute Gasteiger partial charge is 0.493 e. The molecule has 1 amide bonds. The van der Waals surface area contributed by atoms with Crippen molar-refractivity contribution in [2.45, 2.75) is 13.1 Å². The van der Waals surface area contributed by atoms with Crippen molar-refractivity contribution in [1.29, 1.82) is 0 Å². The highest BCUT2D eigenvalue weighted by Crippen LogP contribution is 2.45. The number of rotatable bonds is 7. The van der Waals surface area contributed by atoms with Crippen LogP contribution in [0, 0.1) is 11.8 Å². The second kappa shape index (κ2) is 11.3. The summed E-state index contributed by atoms with van der Waals surface area (Å²) in [6.45, 7) is 0.709. The molecular formula is C26H24BrNO4. The molecule has 3 aromatic carbocycles. The molecule has 3 aromatic rings. The van der Waals surface area contributed by atoms with Gasteiger partial charge in [0.25, 0.3) is 5.91 Å². The zero-order chi connectivity index (χ0) is 22.9. The summed E-state index contributed by atoms with van der Waals surface area (Å²) >= 11 is 3.60. The van der Waals surface area contributed by atoms with Gasteiger partial charge in [0.1, 0.15) is 0 Å². The Bertz CT molecular complexity index is 1120. The summed E-state index contributed by atoms with van der Waals surface area (Å²) < 4.78 is 17.2. The fourth-order valence-corrected chi connectivity index (χ4v) is 3.80. The van der Waals surface area contributed by atoms with Crippen molar-refractivity contribution in [3.8, 4) is 29.1 Å². The van der Waals surface area contributed by atoms with E-state index in [2.05, 4.69) is 27.8 Å². The van der Waals surface area contributed by atoms with Crippen LogP contribution in [0.25, 0.3) is 0 Å². The molecule has 32 heavy (non-hydrogen) atoms. The summed E-state index contributed by atoms with van der Waals surface area (Å²) in [5, 5.41) is 0. The van der Waals surface area contributed by atoms with Crippen molar-refractivity contribution in [2.24, 2.45) is 0 Å². The maximum Gasteiger partial charge on any atom is 0.299 e. The number of nitrogens with zero attached hydrogens (tertiary/aromatic N) is 1. The highest BCUT2D eigenvalue weighted by molar-refractivity contribution is 9.10. The number of hydrogen-bond donors (Lipinski definition) is 0. The molecule has 0 N–H and O–H groups in total. The highest BCUT2D eigenvalue weighted by Gasteiger charge is 2.22. The Balaban J connectivity index is 1.97. The zero-order valence-corrected chi connectivity index (χ0v) is 19.8. The molecule has 0 saturated carbocycles. The number of ether oxygens (including phenoxy) is 3. The third-order valence-corrected chi connectivity index (χ3v) is 5.67. The Morgan fingerprint density at radius 2 is 1.50 bits per heavy atom. The molecule has 0 spiro atoms. The fraction of sp³-hybridized carbons (Fsp3) is 0.192. The standard InChI is InChI=1S/C26H24BrNO4/c1-30-22-16-21(24(27)26(32-3)25(22)31-2)18-28(17-20-12-8-5-9-13-20)23(29)15-14-19-10-6-4-7-11-19/h4-13,16H,17-18H2,1-3H3. The Morgan fingerprint density at radius 3 is 2.09 bits per heavy atom. The van der Waals surface area contributed by atoms with Gasteiger partial charge in [0.2, 0.25) is 5.75 Å². The highest BCUT2D eigenvalue weighted by atomic mass is 79.9. The van der Waals surface area contributed by atoms with E-state index in [1.165, 1.54) is 0 Å². The van der Waals surface area contributed by atoms with E-state index >= 15 is 0 Å². The summed E-state index contributed by atoms with van der Waals surface area (Å²) in [4.78, 5) is 14.8. The third kappa shape index (κ3) is 5.63. The number of carbonyl (C=O) groups is 1. The summed E-state index contributed by atoms with van der Waals surface area (Å²) in [7, 11) is 4.67. The molecular weight excluding hydrogens is 470 g/mol. The van der Waals surface area contributed by atoms with Crippen LogP contribution >= 0.6 is 15.9 Å². The van der Waals surface area contributed by atoms with Crippen LogP contribution in [0.15, 0.2) is 71.2 Å². The van der Waals surface area contributed by atoms with Crippen molar-refractivity contribution in [3.05, 3.63) is 87.9 Å². The van der Waals surface area contributed by atoms with Crippen LogP contribution in [0.5, 0.6) is 17.2 Å². The molecule has 0 radical (unpaired) electrons. The van der Waals surface area contributed by atoms with Crippen LogP contribution in [0.1, 0.15) is 16.7 Å². The van der Waals surface area contributed by atoms with Crippen LogP contribution in [0.4, 0.5) is 0 Å². The first-order valence-corrected chi connectivity index (χ1v) is 10.7. The summed E-state index contributed by atoms with van der Waals surface area (Å²) in [5.41, 5.74) is 2.60. The Morgan fingerprint density at radius 1 is 0.875 bits per heavy atom. The van der Waals surface area contributed by atoms with Crippen molar-refractivity contribution < 1.29 is 19.0 Å². The van der Waals surface area contributed by atoms with E-state index in [9.17, 15) is 4.79 Å². The van der Waals surface area contributed by atoms with Gasteiger partial charge in [0.05, 0.1) is 25.8 Å². The van der Waals surface area contributed by atoms with Crippen molar-refractivity contribution in [1.82, 2.24) is 4.90 Å². The van der Waals surface area contributed by atoms with Gasteiger partial charge in [-0.15, -0.1) is 0 Å². The van der Waals surface area contributed by atoms with Crippen LogP contribution in [-0.2, 0) is 17.9 Å². The Hall–Kier alpha value is -3.43. The van der Waals surface area contributed by atoms with Gasteiger partial charge in [-0.1, -0.05) is 54.5 Å². The first kappa shape index (κ1) is 23.2. The maximum absolute atomic E-state index is 13.1. The van der Waals surface area contributed by atoms with E-state index in [-0.39, 0.29) is 5.91 Å². The molecule has 6 heteroatoms. The Labute approximate surface area is 197 Å². The minimum absolute atomic E-state index is 0.279. The lowest BCUT2D eigenvalue weighted by molar-refractivity contribution is -0.126. The van der Waals surface area contributed by atoms with Gasteiger partial charge >= 0.3 is 0 Å². The molecule has 0 aliphatic rings. The van der Waals surface area contributed by atoms with Crippen LogP contribution < -0.4 is 14.2 Å². The van der Waals surface area contributed by atoms with E-state index in [4.69, 9.17) is 14.2 Å². The molecule has 5 nitrogen and oxygen atoms in total. The topological polar surface area (TPSA) is 48.0 Å². The molecule has 0 aliphatic carbocycles. The maximum atomic E-state index is 13.1. The number of benzene rings is 3. The number of carbonyl (C=O) groups excluding carboxylic acids is 1. The van der Waals surface area contributed by atoms with Crippen LogP contribution in [0.3, 0.4) is 0 Å². The lowest BCUT2D eigenvalue weighted by atomic mass is 10.1. The fourth-order valence-electron chi connectivity index (χ4n) is 3.22. The van der Waals surface area contributed by atoms with Crippen molar-refractivity contribution >= 4 is 21.8 Å². The lowest BCUT2D eigenvalue weighted by Gasteiger charge is -2.23. The molecule has 0 bridgehead atoms. The monoisotopic (exact) mass is 493 g/mol. The summed E-state index contributed by atoms with van der Waals surface area (Å²) in [6.07, 6.45) is 0. The first-order chi connectivity index (χ1) is 15.6. The molecule has 0 heterocycles. The van der Waals surface area contributed by atoms with E-state index in [1.807, 2.05) is 66.7 Å². The molecule has 0 fully saturated rings. The number of methoxy groups -OCH3 is 3. The quantitative estimate of drug-likeness (QED) is 0.431. The normalized spacial score (nSPS) is 10.0. The van der Waals surface area contributed by atoms with Gasteiger partial charge in [0, 0.05) is 24.6 Å². The van der Waals surface area contributed by atoms with E-state index in [0.717, 1.165) is 16.7 Å². The minimum Gasteiger partial charge on any atom is -0.493 e. The minimum atomic E-state index is -0.279. The van der Waals surface area contributed by atoms with Gasteiger partial charge in [-0.05, 0) is 45.3 Å². The van der Waals surface area contributed by atoms with Crippen LogP contribution in [0.2, 0.25) is 0 Å². The zero-order valence-electron chi connectivity index (χ0n) is 18.2. The van der Waals surface area contributed by atoms with Crippen LogP contribution in [-0.4, -0.2) is 32.1 Å². The Kier molecular flexibility index (Phi) is 8.18. The smallest absolute Gasteiger partial charge is 0.299 e. The van der Waals surface area contributed by atoms with Crippen molar-refractivity contribution in [2.75, 3.05) is 21.3 Å². The average Bonchev–Trinajstić information content (AvgIpc) is 2.84. The molecule has 164 valence electrons. The van der Waals surface area contributed by atoms with Gasteiger partial charge in [-0.3, -0.25) is 4.79 Å². The lowest BCUT2D eigenvalue weighted by Crippen LogP contribution is -2.29. The molecule has 3 rings (SSSR count).